The van der Waals surface area contributed by atoms with Crippen LogP contribution >= 0.6 is 0 Å². The molecule has 1 saturated heterocycles. The number of piperidine rings is 1. The van der Waals surface area contributed by atoms with Crippen molar-refractivity contribution in [2.45, 2.75) is 25.8 Å². The van der Waals surface area contributed by atoms with Crippen LogP contribution in [0.25, 0.3) is 11.3 Å². The van der Waals surface area contributed by atoms with Gasteiger partial charge in [0.2, 0.25) is 0 Å². The highest BCUT2D eigenvalue weighted by atomic mass is 16.1. The van der Waals surface area contributed by atoms with E-state index in [4.69, 9.17) is 11.5 Å². The summed E-state index contributed by atoms with van der Waals surface area (Å²) >= 11 is 0. The number of aromatic nitrogens is 1. The van der Waals surface area contributed by atoms with Crippen molar-refractivity contribution in [3.63, 3.8) is 0 Å². The van der Waals surface area contributed by atoms with E-state index in [1.165, 1.54) is 0 Å². The fourth-order valence-electron chi connectivity index (χ4n) is 3.57. The molecule has 1 aromatic heterocycles. The zero-order valence-electron chi connectivity index (χ0n) is 17.3. The third kappa shape index (κ3) is 4.96. The van der Waals surface area contributed by atoms with Gasteiger partial charge in [0.25, 0.3) is 5.91 Å². The van der Waals surface area contributed by atoms with Crippen molar-refractivity contribution >= 4 is 11.6 Å². The van der Waals surface area contributed by atoms with Crippen molar-refractivity contribution in [3.05, 3.63) is 84.4 Å². The number of nitrogens with two attached hydrogens (primary N) is 2. The number of carbonyl (C=O) groups excluding carboxylic acids is 1. The van der Waals surface area contributed by atoms with E-state index in [2.05, 4.69) is 21.8 Å². The molecule has 1 atom stereocenters. The number of nitrogens with zero attached hydrogens (tertiary/aromatic N) is 2. The van der Waals surface area contributed by atoms with E-state index in [1.807, 2.05) is 55.5 Å². The highest BCUT2D eigenvalue weighted by Crippen LogP contribution is 2.22. The number of nitrogen functional groups attached to an aromatic ring is 1. The van der Waals surface area contributed by atoms with Gasteiger partial charge in [0.1, 0.15) is 0 Å². The summed E-state index contributed by atoms with van der Waals surface area (Å²) in [5.74, 6) is -0.372. The van der Waals surface area contributed by atoms with E-state index < -0.39 is 0 Å². The second-order valence-electron chi connectivity index (χ2n) is 7.31. The number of allylic oxidation sites excluding steroid dienone is 3. The van der Waals surface area contributed by atoms with Crippen LogP contribution in [-0.2, 0) is 0 Å². The van der Waals surface area contributed by atoms with Crippen LogP contribution in [-0.4, -0.2) is 34.9 Å². The number of benzene rings is 1. The minimum Gasteiger partial charge on any atom is -0.397 e. The first kappa shape index (κ1) is 21.3. The predicted molar refractivity (Wildman–Crippen MR) is 122 cm³/mol. The first-order valence-electron chi connectivity index (χ1n) is 10.2. The number of amides is 1. The monoisotopic (exact) mass is 403 g/mol. The van der Waals surface area contributed by atoms with Gasteiger partial charge in [-0.25, -0.2) is 4.98 Å². The average Bonchev–Trinajstić information content (AvgIpc) is 2.77. The first-order chi connectivity index (χ1) is 14.5. The Hall–Kier alpha value is -3.38. The molecule has 0 unspecified atom stereocenters. The summed E-state index contributed by atoms with van der Waals surface area (Å²) in [7, 11) is 0. The summed E-state index contributed by atoms with van der Waals surface area (Å²) in [6.45, 7) is 7.45. The summed E-state index contributed by atoms with van der Waals surface area (Å²) in [5.41, 5.74) is 15.8. The lowest BCUT2D eigenvalue weighted by Gasteiger charge is -2.34. The molecule has 6 nitrogen and oxygen atoms in total. The molecule has 0 spiro atoms. The highest BCUT2D eigenvalue weighted by Gasteiger charge is 2.21. The second kappa shape index (κ2) is 9.89. The number of rotatable bonds is 6. The zero-order chi connectivity index (χ0) is 21.5. The fraction of sp³-hybridized carbons (Fsp3) is 0.250. The molecule has 2 aromatic rings. The van der Waals surface area contributed by atoms with E-state index in [0.717, 1.165) is 37.2 Å². The lowest BCUT2D eigenvalue weighted by atomic mass is 10.1. The highest BCUT2D eigenvalue weighted by molar-refractivity contribution is 5.99. The smallest absolute Gasteiger partial charge is 0.276 e. The van der Waals surface area contributed by atoms with Crippen molar-refractivity contribution in [1.29, 1.82) is 0 Å². The van der Waals surface area contributed by atoms with Gasteiger partial charge in [-0.05, 0) is 44.1 Å². The van der Waals surface area contributed by atoms with Crippen molar-refractivity contribution in [2.75, 3.05) is 18.8 Å². The molecular weight excluding hydrogens is 374 g/mol. The maximum absolute atomic E-state index is 13.1. The predicted octanol–water partition coefficient (Wildman–Crippen LogP) is 3.46. The van der Waals surface area contributed by atoms with Crippen LogP contribution in [0.4, 0.5) is 5.69 Å². The SMILES string of the molecule is C=C/C(NC(=O)c1nc(-c2ccccc2)ccc1N)=C(\C=C/C)N1CCC[C@H](N)C1. The maximum Gasteiger partial charge on any atom is 0.276 e. The Morgan fingerprint density at radius 3 is 2.70 bits per heavy atom. The maximum atomic E-state index is 13.1. The number of hydrogen-bond donors (Lipinski definition) is 3. The minimum absolute atomic E-state index is 0.112. The molecule has 1 aliphatic heterocycles. The molecule has 0 radical (unpaired) electrons. The van der Waals surface area contributed by atoms with E-state index in [1.54, 1.807) is 12.1 Å². The molecule has 1 amide bonds. The van der Waals surface area contributed by atoms with Gasteiger partial charge in [-0.3, -0.25) is 4.79 Å². The van der Waals surface area contributed by atoms with Gasteiger partial charge < -0.3 is 21.7 Å². The largest absolute Gasteiger partial charge is 0.397 e. The van der Waals surface area contributed by atoms with E-state index in [0.29, 0.717) is 17.1 Å². The number of hydrogen-bond acceptors (Lipinski definition) is 5. The van der Waals surface area contributed by atoms with Crippen LogP contribution < -0.4 is 16.8 Å². The number of pyridine rings is 1. The Bertz CT molecular complexity index is 965. The Kier molecular flexibility index (Phi) is 7.03. The Balaban J connectivity index is 1.92. The summed E-state index contributed by atoms with van der Waals surface area (Å²) in [6, 6.07) is 13.3. The normalized spacial score (nSPS) is 17.5. The van der Waals surface area contributed by atoms with E-state index >= 15 is 0 Å². The topological polar surface area (TPSA) is 97.3 Å². The van der Waals surface area contributed by atoms with E-state index in [-0.39, 0.29) is 17.6 Å². The second-order valence-corrected chi connectivity index (χ2v) is 7.31. The van der Waals surface area contributed by atoms with Gasteiger partial charge in [-0.15, -0.1) is 0 Å². The molecule has 6 heteroatoms. The molecule has 5 N–H and O–H groups in total. The molecule has 2 heterocycles. The van der Waals surface area contributed by atoms with Gasteiger partial charge in [0.05, 0.1) is 22.8 Å². The lowest BCUT2D eigenvalue weighted by Crippen LogP contribution is -2.43. The molecule has 1 fully saturated rings. The fourth-order valence-corrected chi connectivity index (χ4v) is 3.57. The Morgan fingerprint density at radius 2 is 2.03 bits per heavy atom. The summed E-state index contributed by atoms with van der Waals surface area (Å²) < 4.78 is 0. The first-order valence-corrected chi connectivity index (χ1v) is 10.2. The Labute approximate surface area is 178 Å². The molecule has 156 valence electrons. The Morgan fingerprint density at radius 1 is 1.27 bits per heavy atom. The van der Waals surface area contributed by atoms with E-state index in [9.17, 15) is 4.79 Å². The quantitative estimate of drug-likeness (QED) is 0.642. The third-order valence-corrected chi connectivity index (χ3v) is 5.06. The van der Waals surface area contributed by atoms with Crippen LogP contribution in [0.15, 0.2) is 78.7 Å². The molecule has 0 aliphatic carbocycles. The number of likely N-dealkylation sites (tertiary alicyclic amines) is 1. The van der Waals surface area contributed by atoms with Crippen LogP contribution in [0.2, 0.25) is 0 Å². The van der Waals surface area contributed by atoms with Gasteiger partial charge >= 0.3 is 0 Å². The summed E-state index contributed by atoms with van der Waals surface area (Å²) in [4.78, 5) is 19.8. The molecule has 3 rings (SSSR count). The van der Waals surface area contributed by atoms with Gasteiger partial charge in [0, 0.05) is 24.7 Å². The van der Waals surface area contributed by atoms with Crippen LogP contribution in [0, 0.1) is 0 Å². The standard InChI is InChI=1S/C24H29N5O/c1-3-9-22(29-15-8-12-18(25)16-29)20(4-2)28-24(30)23-19(26)13-14-21(27-23)17-10-6-5-7-11-17/h3-7,9-11,13-14,18H,2,8,12,15-16,25-26H2,1H3,(H,28,30)/b9-3-,22-20-/t18-/m0/s1. The molecule has 1 aliphatic rings. The van der Waals surface area contributed by atoms with Crippen molar-refractivity contribution in [2.24, 2.45) is 5.73 Å². The molecule has 1 aromatic carbocycles. The van der Waals surface area contributed by atoms with Crippen molar-refractivity contribution in [1.82, 2.24) is 15.2 Å². The van der Waals surface area contributed by atoms with Crippen LogP contribution in [0.3, 0.4) is 0 Å². The average molecular weight is 404 g/mol. The molecule has 0 bridgehead atoms. The lowest BCUT2D eigenvalue weighted by molar-refractivity contribution is 0.0962. The summed E-state index contributed by atoms with van der Waals surface area (Å²) in [6.07, 6.45) is 7.56. The van der Waals surface area contributed by atoms with Crippen LogP contribution in [0.5, 0.6) is 0 Å². The van der Waals surface area contributed by atoms with Crippen molar-refractivity contribution < 1.29 is 4.79 Å². The zero-order valence-corrected chi connectivity index (χ0v) is 17.3. The third-order valence-electron chi connectivity index (χ3n) is 5.06. The number of nitrogens with one attached hydrogen (secondary N) is 1. The van der Waals surface area contributed by atoms with Gasteiger partial charge in [0.15, 0.2) is 5.69 Å². The minimum atomic E-state index is -0.372. The van der Waals surface area contributed by atoms with Crippen molar-refractivity contribution in [3.8, 4) is 11.3 Å². The number of anilines is 1. The number of carbonyl (C=O) groups is 1. The molecule has 30 heavy (non-hydrogen) atoms. The molecular formula is C24H29N5O. The summed E-state index contributed by atoms with van der Waals surface area (Å²) in [5, 5.41) is 2.95. The molecule has 0 saturated carbocycles. The van der Waals surface area contributed by atoms with Gasteiger partial charge in [-0.1, -0.05) is 43.0 Å². The van der Waals surface area contributed by atoms with Gasteiger partial charge in [-0.2, -0.15) is 0 Å². The van der Waals surface area contributed by atoms with Crippen LogP contribution in [0.1, 0.15) is 30.3 Å².